The molecule has 6 nitrogen and oxygen atoms in total. The van der Waals surface area contributed by atoms with Crippen molar-refractivity contribution in [2.75, 3.05) is 12.3 Å². The van der Waals surface area contributed by atoms with Crippen molar-refractivity contribution < 1.29 is 7.80 Å². The predicted octanol–water partition coefficient (Wildman–Crippen LogP) is 5.37. The third kappa shape index (κ3) is 5.09. The van der Waals surface area contributed by atoms with Gasteiger partial charge in [0.15, 0.2) is 0 Å². The van der Waals surface area contributed by atoms with Crippen molar-refractivity contribution in [3.63, 3.8) is 0 Å². The van der Waals surface area contributed by atoms with Gasteiger partial charge in [-0.25, -0.2) is 4.98 Å². The van der Waals surface area contributed by atoms with Crippen molar-refractivity contribution in [1.82, 2.24) is 14.5 Å². The van der Waals surface area contributed by atoms with Crippen LogP contribution in [0, 0.1) is 5.92 Å². The van der Waals surface area contributed by atoms with Crippen LogP contribution in [0.1, 0.15) is 25.5 Å². The summed E-state index contributed by atoms with van der Waals surface area (Å²) in [6, 6.07) is 11.9. The topological polar surface area (TPSA) is 75.2 Å². The number of anilines is 1. The Morgan fingerprint density at radius 1 is 1.28 bits per heavy atom. The van der Waals surface area contributed by atoms with E-state index in [9.17, 15) is 0 Å². The van der Waals surface area contributed by atoms with Crippen LogP contribution >= 0.6 is 34.6 Å². The van der Waals surface area contributed by atoms with Gasteiger partial charge in [-0.15, -0.1) is 0 Å². The highest BCUT2D eigenvalue weighted by Gasteiger charge is 2.31. The first-order valence-corrected chi connectivity index (χ1v) is 10.5. The van der Waals surface area contributed by atoms with Gasteiger partial charge in [-0.3, -0.25) is 0 Å². The molecule has 154 valence electrons. The Morgan fingerprint density at radius 2 is 2.00 bits per heavy atom. The number of rotatable bonds is 9. The molecule has 1 aromatic carbocycles. The number of nitrogens with zero attached hydrogens (tertiary/aromatic N) is 3. The molecule has 0 aliphatic heterocycles. The smallest absolute Gasteiger partial charge is 0.223 e. The van der Waals surface area contributed by atoms with Crippen LogP contribution < -0.4 is 5.73 Å². The van der Waals surface area contributed by atoms with Crippen LogP contribution in [0.15, 0.2) is 54.7 Å². The van der Waals surface area contributed by atoms with E-state index in [1.54, 1.807) is 0 Å². The second-order valence-electron chi connectivity index (χ2n) is 7.08. The first-order valence-electron chi connectivity index (χ1n) is 9.26. The molecule has 0 fully saturated rings. The molecule has 2 heterocycles. The molecule has 3 rings (SSSR count). The second kappa shape index (κ2) is 9.88. The summed E-state index contributed by atoms with van der Waals surface area (Å²) in [6.45, 7) is 9.27. The standard InChI is InChI=1S/C21H24ClIN4O2/c1-13(2)17(12-28-11-15-7-5-4-6-8-15)18(29-23)14(3)27-10-9-16-19(22)25-21(24)26-20(16)27/h4-10,14,17-18H,1,11-12H2,2-3H3,(H2,24,25,26). The molecule has 0 aliphatic carbocycles. The minimum absolute atomic E-state index is 0.00211. The largest absolute Gasteiger partial charge is 0.376 e. The molecule has 3 unspecified atom stereocenters. The van der Waals surface area contributed by atoms with Crippen molar-refractivity contribution in [3.8, 4) is 0 Å². The van der Waals surface area contributed by atoms with E-state index in [-0.39, 0.29) is 24.0 Å². The summed E-state index contributed by atoms with van der Waals surface area (Å²) in [5, 5.41) is 1.10. The fourth-order valence-corrected chi connectivity index (χ4v) is 4.38. The van der Waals surface area contributed by atoms with Crippen molar-refractivity contribution >= 4 is 51.6 Å². The maximum atomic E-state index is 6.22. The van der Waals surface area contributed by atoms with Crippen molar-refractivity contribution in [2.24, 2.45) is 5.92 Å². The Balaban J connectivity index is 1.80. The molecule has 0 amide bonds. The number of nitrogens with two attached hydrogens (primary N) is 1. The minimum Gasteiger partial charge on any atom is -0.376 e. The Hall–Kier alpha value is -1.68. The fraction of sp³-hybridized carbons (Fsp3) is 0.333. The lowest BCUT2D eigenvalue weighted by molar-refractivity contribution is 0.0459. The number of hydrogen-bond acceptors (Lipinski definition) is 5. The van der Waals surface area contributed by atoms with Gasteiger partial charge in [0, 0.05) is 12.1 Å². The lowest BCUT2D eigenvalue weighted by atomic mass is 9.91. The Labute approximate surface area is 189 Å². The van der Waals surface area contributed by atoms with Crippen molar-refractivity contribution in [2.45, 2.75) is 32.6 Å². The van der Waals surface area contributed by atoms with Crippen LogP contribution in [0.2, 0.25) is 5.15 Å². The number of benzene rings is 1. The van der Waals surface area contributed by atoms with E-state index in [2.05, 4.69) is 23.5 Å². The first kappa shape index (κ1) is 22.0. The van der Waals surface area contributed by atoms with Gasteiger partial charge >= 0.3 is 0 Å². The average Bonchev–Trinajstić information content (AvgIpc) is 3.12. The molecule has 0 saturated heterocycles. The summed E-state index contributed by atoms with van der Waals surface area (Å²) in [5.74, 6) is 0.141. The summed E-state index contributed by atoms with van der Waals surface area (Å²) < 4.78 is 13.9. The summed E-state index contributed by atoms with van der Waals surface area (Å²) in [7, 11) is 0. The zero-order valence-corrected chi connectivity index (χ0v) is 19.3. The summed E-state index contributed by atoms with van der Waals surface area (Å²) >= 11 is 8.17. The lowest BCUT2D eigenvalue weighted by Gasteiger charge is -2.31. The molecule has 0 bridgehead atoms. The maximum Gasteiger partial charge on any atom is 0.223 e. The van der Waals surface area contributed by atoms with Gasteiger partial charge in [-0.2, -0.15) is 4.98 Å². The highest BCUT2D eigenvalue weighted by Crippen LogP contribution is 2.32. The zero-order valence-electron chi connectivity index (χ0n) is 16.4. The average molecular weight is 527 g/mol. The molecule has 3 aromatic rings. The fourth-order valence-electron chi connectivity index (χ4n) is 3.37. The first-order chi connectivity index (χ1) is 13.9. The molecule has 0 spiro atoms. The number of nitrogen functional groups attached to an aromatic ring is 1. The monoisotopic (exact) mass is 526 g/mol. The molecule has 0 radical (unpaired) electrons. The van der Waals surface area contributed by atoms with Gasteiger partial charge < -0.3 is 18.1 Å². The Kier molecular flexibility index (Phi) is 7.50. The zero-order chi connectivity index (χ0) is 21.0. The van der Waals surface area contributed by atoms with Crippen molar-refractivity contribution in [3.05, 3.63) is 65.5 Å². The summed E-state index contributed by atoms with van der Waals surface area (Å²) in [5.41, 5.74) is 8.61. The third-order valence-corrected chi connectivity index (χ3v) is 5.87. The number of aromatic nitrogens is 3. The normalized spacial score (nSPS) is 14.6. The van der Waals surface area contributed by atoms with Crippen LogP contribution in [0.5, 0.6) is 0 Å². The number of fused-ring (bicyclic) bond motifs is 1. The Morgan fingerprint density at radius 3 is 2.66 bits per heavy atom. The predicted molar refractivity (Wildman–Crippen MR) is 125 cm³/mol. The third-order valence-electron chi connectivity index (χ3n) is 5.00. The highest BCUT2D eigenvalue weighted by molar-refractivity contribution is 14.1. The molecular formula is C21H24ClIN4O2. The van der Waals surface area contributed by atoms with Crippen LogP contribution in [-0.2, 0) is 14.4 Å². The quantitative estimate of drug-likeness (QED) is 0.230. The van der Waals surface area contributed by atoms with Crippen molar-refractivity contribution in [1.29, 1.82) is 0 Å². The van der Waals surface area contributed by atoms with Crippen LogP contribution in [0.3, 0.4) is 0 Å². The van der Waals surface area contributed by atoms with E-state index < -0.39 is 0 Å². The number of ether oxygens (including phenoxy) is 1. The van der Waals surface area contributed by atoms with E-state index in [1.165, 1.54) is 0 Å². The van der Waals surface area contributed by atoms with E-state index in [0.717, 1.165) is 16.5 Å². The highest BCUT2D eigenvalue weighted by atomic mass is 127. The van der Waals surface area contributed by atoms with Gasteiger partial charge in [0.25, 0.3) is 0 Å². The number of hydrogen-bond donors (Lipinski definition) is 1. The van der Waals surface area contributed by atoms with Crippen LogP contribution in [0.25, 0.3) is 11.0 Å². The second-order valence-corrected chi connectivity index (χ2v) is 7.95. The van der Waals surface area contributed by atoms with E-state index in [0.29, 0.717) is 24.0 Å². The van der Waals surface area contributed by atoms with Gasteiger partial charge in [0.1, 0.15) is 33.8 Å². The molecule has 0 aliphatic rings. The van der Waals surface area contributed by atoms with Gasteiger partial charge in [0.2, 0.25) is 5.95 Å². The lowest BCUT2D eigenvalue weighted by Crippen LogP contribution is -2.33. The molecular weight excluding hydrogens is 503 g/mol. The van der Waals surface area contributed by atoms with Crippen LogP contribution in [0.4, 0.5) is 5.95 Å². The molecule has 2 N–H and O–H groups in total. The minimum atomic E-state index is -0.186. The summed E-state index contributed by atoms with van der Waals surface area (Å²) in [4.78, 5) is 8.40. The van der Waals surface area contributed by atoms with E-state index in [1.807, 2.05) is 77.1 Å². The van der Waals surface area contributed by atoms with Gasteiger partial charge in [-0.05, 0) is 25.5 Å². The van der Waals surface area contributed by atoms with Gasteiger partial charge in [-0.1, -0.05) is 54.1 Å². The molecule has 2 aromatic heterocycles. The maximum absolute atomic E-state index is 6.22. The van der Waals surface area contributed by atoms with E-state index in [4.69, 9.17) is 25.1 Å². The SMILES string of the molecule is C=C(C)C(COCc1ccccc1)C(OI)C(C)n1ccc2c(Cl)nc(N)nc21. The van der Waals surface area contributed by atoms with Gasteiger partial charge in [0.05, 0.1) is 30.7 Å². The molecule has 3 atom stereocenters. The van der Waals surface area contributed by atoms with E-state index >= 15 is 0 Å². The number of halogens is 2. The molecule has 8 heteroatoms. The summed E-state index contributed by atoms with van der Waals surface area (Å²) in [6.07, 6.45) is 1.74. The van der Waals surface area contributed by atoms with Crippen LogP contribution in [-0.4, -0.2) is 27.2 Å². The molecule has 29 heavy (non-hydrogen) atoms. The molecule has 0 saturated carbocycles. The Bertz CT molecular complexity index is 979.